The highest BCUT2D eigenvalue weighted by atomic mass is 16.4. The standard InChI is InChI=1S/C12H20N2O3/c1-9-7-13-5-3-2-4-10(13)8-14(9)11(15)6-12(16)17/h9-10H,2-8H2,1H3,(H,16,17). The summed E-state index contributed by atoms with van der Waals surface area (Å²) >= 11 is 0. The average molecular weight is 240 g/mol. The molecular formula is C12H20N2O3. The molecule has 2 aliphatic heterocycles. The zero-order valence-electron chi connectivity index (χ0n) is 10.3. The fourth-order valence-electron chi connectivity index (χ4n) is 2.93. The van der Waals surface area contributed by atoms with Gasteiger partial charge in [-0.25, -0.2) is 0 Å². The zero-order chi connectivity index (χ0) is 12.4. The summed E-state index contributed by atoms with van der Waals surface area (Å²) in [6.07, 6.45) is 3.21. The summed E-state index contributed by atoms with van der Waals surface area (Å²) in [4.78, 5) is 26.6. The number of fused-ring (bicyclic) bond motifs is 1. The van der Waals surface area contributed by atoms with E-state index in [0.717, 1.165) is 19.5 Å². The maximum Gasteiger partial charge on any atom is 0.312 e. The van der Waals surface area contributed by atoms with Crippen LogP contribution in [0.4, 0.5) is 0 Å². The molecule has 0 bridgehead atoms. The average Bonchev–Trinajstić information content (AvgIpc) is 2.27. The van der Waals surface area contributed by atoms with Crippen molar-refractivity contribution < 1.29 is 14.7 Å². The Kier molecular flexibility index (Phi) is 3.66. The van der Waals surface area contributed by atoms with E-state index < -0.39 is 5.97 Å². The predicted molar refractivity (Wildman–Crippen MR) is 62.6 cm³/mol. The van der Waals surface area contributed by atoms with Gasteiger partial charge >= 0.3 is 5.97 Å². The Balaban J connectivity index is 1.99. The van der Waals surface area contributed by atoms with Crippen LogP contribution in [0.3, 0.4) is 0 Å². The third kappa shape index (κ3) is 2.77. The lowest BCUT2D eigenvalue weighted by Gasteiger charge is -2.47. The fraction of sp³-hybridized carbons (Fsp3) is 0.833. The zero-order valence-corrected chi connectivity index (χ0v) is 10.3. The Bertz CT molecular complexity index is 319. The molecule has 1 amide bonds. The second-order valence-electron chi connectivity index (χ2n) is 5.11. The lowest BCUT2D eigenvalue weighted by molar-refractivity contribution is -0.147. The van der Waals surface area contributed by atoms with Crippen LogP contribution < -0.4 is 0 Å². The molecule has 2 heterocycles. The van der Waals surface area contributed by atoms with E-state index in [1.165, 1.54) is 12.8 Å². The van der Waals surface area contributed by atoms with Gasteiger partial charge < -0.3 is 10.0 Å². The van der Waals surface area contributed by atoms with Crippen molar-refractivity contribution in [2.75, 3.05) is 19.6 Å². The van der Waals surface area contributed by atoms with Gasteiger partial charge in [0.2, 0.25) is 5.91 Å². The minimum absolute atomic E-state index is 0.135. The molecular weight excluding hydrogens is 220 g/mol. The highest BCUT2D eigenvalue weighted by Crippen LogP contribution is 2.24. The Hall–Kier alpha value is -1.10. The number of hydrogen-bond donors (Lipinski definition) is 1. The third-order valence-corrected chi connectivity index (χ3v) is 3.81. The Morgan fingerprint density at radius 1 is 1.29 bits per heavy atom. The van der Waals surface area contributed by atoms with E-state index in [1.807, 2.05) is 6.92 Å². The summed E-state index contributed by atoms with van der Waals surface area (Å²) < 4.78 is 0. The molecule has 17 heavy (non-hydrogen) atoms. The molecule has 0 aromatic carbocycles. The molecule has 0 radical (unpaired) electrons. The monoisotopic (exact) mass is 240 g/mol. The van der Waals surface area contributed by atoms with E-state index in [9.17, 15) is 9.59 Å². The van der Waals surface area contributed by atoms with Gasteiger partial charge in [0.15, 0.2) is 0 Å². The van der Waals surface area contributed by atoms with E-state index in [-0.39, 0.29) is 18.4 Å². The SMILES string of the molecule is CC1CN2CCCCC2CN1C(=O)CC(=O)O. The number of nitrogens with zero attached hydrogens (tertiary/aromatic N) is 2. The summed E-state index contributed by atoms with van der Waals surface area (Å²) in [7, 11) is 0. The number of hydrogen-bond acceptors (Lipinski definition) is 3. The summed E-state index contributed by atoms with van der Waals surface area (Å²) in [5, 5.41) is 8.68. The van der Waals surface area contributed by atoms with Gasteiger partial charge in [0, 0.05) is 25.2 Å². The Labute approximate surface area is 101 Å². The van der Waals surface area contributed by atoms with Crippen molar-refractivity contribution in [3.05, 3.63) is 0 Å². The number of piperazine rings is 1. The van der Waals surface area contributed by atoms with Gasteiger partial charge in [0.25, 0.3) is 0 Å². The normalized spacial score (nSPS) is 29.8. The second kappa shape index (κ2) is 5.04. The van der Waals surface area contributed by atoms with Gasteiger partial charge in [-0.1, -0.05) is 6.42 Å². The maximum absolute atomic E-state index is 11.8. The van der Waals surface area contributed by atoms with Crippen molar-refractivity contribution in [3.63, 3.8) is 0 Å². The van der Waals surface area contributed by atoms with Crippen LogP contribution >= 0.6 is 0 Å². The number of amides is 1. The Morgan fingerprint density at radius 2 is 2.06 bits per heavy atom. The number of aliphatic carboxylic acids is 1. The van der Waals surface area contributed by atoms with Crippen molar-refractivity contribution in [1.29, 1.82) is 0 Å². The van der Waals surface area contributed by atoms with Crippen LogP contribution in [-0.4, -0.2) is 58.5 Å². The van der Waals surface area contributed by atoms with Crippen LogP contribution in [-0.2, 0) is 9.59 Å². The smallest absolute Gasteiger partial charge is 0.312 e. The summed E-state index contributed by atoms with van der Waals surface area (Å²) in [5.41, 5.74) is 0. The first kappa shape index (κ1) is 12.4. The van der Waals surface area contributed by atoms with Crippen LogP contribution in [0.5, 0.6) is 0 Å². The second-order valence-corrected chi connectivity index (χ2v) is 5.11. The van der Waals surface area contributed by atoms with Gasteiger partial charge in [0.1, 0.15) is 6.42 Å². The minimum atomic E-state index is -1.03. The molecule has 0 aromatic heterocycles. The fourth-order valence-corrected chi connectivity index (χ4v) is 2.93. The van der Waals surface area contributed by atoms with Crippen LogP contribution in [0.1, 0.15) is 32.6 Å². The summed E-state index contributed by atoms with van der Waals surface area (Å²) in [6.45, 7) is 4.71. The first-order chi connectivity index (χ1) is 8.08. The van der Waals surface area contributed by atoms with E-state index in [1.54, 1.807) is 4.90 Å². The van der Waals surface area contributed by atoms with Gasteiger partial charge in [-0.05, 0) is 26.3 Å². The summed E-state index contributed by atoms with van der Waals surface area (Å²) in [6, 6.07) is 0.578. The minimum Gasteiger partial charge on any atom is -0.481 e. The van der Waals surface area contributed by atoms with Crippen LogP contribution in [0.2, 0.25) is 0 Å². The molecule has 2 saturated heterocycles. The molecule has 0 aliphatic carbocycles. The van der Waals surface area contributed by atoms with Crippen LogP contribution in [0, 0.1) is 0 Å². The molecule has 5 nitrogen and oxygen atoms in total. The lowest BCUT2D eigenvalue weighted by Crippen LogP contribution is -2.60. The van der Waals surface area contributed by atoms with Gasteiger partial charge in [-0.15, -0.1) is 0 Å². The van der Waals surface area contributed by atoms with Gasteiger partial charge in [-0.2, -0.15) is 0 Å². The first-order valence-corrected chi connectivity index (χ1v) is 6.33. The van der Waals surface area contributed by atoms with Crippen LogP contribution in [0.25, 0.3) is 0 Å². The molecule has 0 spiro atoms. The number of carbonyl (C=O) groups excluding carboxylic acids is 1. The van der Waals surface area contributed by atoms with E-state index >= 15 is 0 Å². The molecule has 1 N–H and O–H groups in total. The predicted octanol–water partition coefficient (Wildman–Crippen LogP) is 0.546. The van der Waals surface area contributed by atoms with Crippen LogP contribution in [0.15, 0.2) is 0 Å². The Morgan fingerprint density at radius 3 is 2.76 bits per heavy atom. The van der Waals surface area contributed by atoms with E-state index in [2.05, 4.69) is 4.90 Å². The maximum atomic E-state index is 11.8. The molecule has 2 fully saturated rings. The topological polar surface area (TPSA) is 60.9 Å². The molecule has 2 unspecified atom stereocenters. The molecule has 5 heteroatoms. The number of carbonyl (C=O) groups is 2. The van der Waals surface area contributed by atoms with Gasteiger partial charge in [0.05, 0.1) is 0 Å². The molecule has 2 atom stereocenters. The van der Waals surface area contributed by atoms with Gasteiger partial charge in [-0.3, -0.25) is 14.5 Å². The largest absolute Gasteiger partial charge is 0.481 e. The van der Waals surface area contributed by atoms with Crippen molar-refractivity contribution in [2.24, 2.45) is 0 Å². The van der Waals surface area contributed by atoms with E-state index in [0.29, 0.717) is 12.6 Å². The van der Waals surface area contributed by atoms with Crippen molar-refractivity contribution >= 4 is 11.9 Å². The third-order valence-electron chi connectivity index (χ3n) is 3.81. The number of carboxylic acid groups (broad SMARTS) is 1. The molecule has 0 aromatic rings. The number of piperidine rings is 1. The molecule has 96 valence electrons. The highest BCUT2D eigenvalue weighted by Gasteiger charge is 2.35. The quantitative estimate of drug-likeness (QED) is 0.716. The van der Waals surface area contributed by atoms with Crippen molar-refractivity contribution in [2.45, 2.75) is 44.7 Å². The summed E-state index contributed by atoms with van der Waals surface area (Å²) in [5.74, 6) is -1.27. The van der Waals surface area contributed by atoms with Crippen molar-refractivity contribution in [3.8, 4) is 0 Å². The van der Waals surface area contributed by atoms with Crippen molar-refractivity contribution in [1.82, 2.24) is 9.80 Å². The molecule has 2 rings (SSSR count). The number of carboxylic acids is 1. The lowest BCUT2D eigenvalue weighted by atomic mass is 9.97. The highest BCUT2D eigenvalue weighted by molar-refractivity contribution is 5.93. The molecule has 0 saturated carbocycles. The van der Waals surface area contributed by atoms with E-state index in [4.69, 9.17) is 5.11 Å². The molecule has 2 aliphatic rings. The number of rotatable bonds is 2. The first-order valence-electron chi connectivity index (χ1n) is 6.33.